The van der Waals surface area contributed by atoms with Crippen LogP contribution in [0, 0.1) is 10.1 Å². The van der Waals surface area contributed by atoms with Crippen LogP contribution in [0.5, 0.6) is 5.75 Å². The van der Waals surface area contributed by atoms with Crippen molar-refractivity contribution in [2.24, 2.45) is 0 Å². The summed E-state index contributed by atoms with van der Waals surface area (Å²) in [7, 11) is 0. The second-order valence-electron chi connectivity index (χ2n) is 8.45. The summed E-state index contributed by atoms with van der Waals surface area (Å²) in [5, 5.41) is 26.8. The molecule has 1 heterocycles. The molecule has 2 aromatic rings. The molecule has 1 aliphatic heterocycles. The molecule has 2 aromatic carbocycles. The first-order chi connectivity index (χ1) is 15.1. The van der Waals surface area contributed by atoms with Crippen LogP contribution in [-0.2, 0) is 10.2 Å². The van der Waals surface area contributed by atoms with E-state index in [1.54, 1.807) is 18.2 Å². The zero-order valence-electron chi connectivity index (χ0n) is 18.2. The number of hydrogen-bond donors (Lipinski definition) is 3. The molecular formula is C22H26N4O5S. The number of nitro benzene ring substituents is 1. The highest BCUT2D eigenvalue weighted by Gasteiger charge is 2.23. The van der Waals surface area contributed by atoms with Crippen LogP contribution in [0.1, 0.15) is 36.7 Å². The minimum atomic E-state index is -0.584. The van der Waals surface area contributed by atoms with E-state index in [2.05, 4.69) is 10.6 Å². The summed E-state index contributed by atoms with van der Waals surface area (Å²) in [5.41, 5.74) is 1.69. The third-order valence-corrected chi connectivity index (χ3v) is 5.33. The quantitative estimate of drug-likeness (QED) is 0.276. The van der Waals surface area contributed by atoms with Gasteiger partial charge < -0.3 is 20.1 Å². The Hall–Kier alpha value is -3.24. The number of phenols is 1. The molecule has 0 radical (unpaired) electrons. The van der Waals surface area contributed by atoms with E-state index >= 15 is 0 Å². The smallest absolute Gasteiger partial charge is 0.270 e. The fraction of sp³-hybridized carbons (Fsp3) is 0.364. The lowest BCUT2D eigenvalue weighted by Crippen LogP contribution is -2.39. The number of carbonyl (C=O) groups excluding carboxylic acids is 1. The van der Waals surface area contributed by atoms with Crippen LogP contribution < -0.4 is 15.5 Å². The van der Waals surface area contributed by atoms with Crippen molar-refractivity contribution in [3.8, 4) is 5.75 Å². The number of nitro groups is 1. The molecule has 0 aliphatic carbocycles. The average molecular weight is 459 g/mol. The van der Waals surface area contributed by atoms with Gasteiger partial charge in [0.1, 0.15) is 5.75 Å². The minimum absolute atomic E-state index is 0.0149. The van der Waals surface area contributed by atoms with Gasteiger partial charge in [0.05, 0.1) is 35.1 Å². The third kappa shape index (κ3) is 5.51. The second-order valence-corrected chi connectivity index (χ2v) is 8.86. The molecule has 0 aromatic heterocycles. The molecule has 1 aliphatic rings. The fourth-order valence-corrected chi connectivity index (χ4v) is 3.53. The summed E-state index contributed by atoms with van der Waals surface area (Å²) < 4.78 is 5.35. The zero-order valence-corrected chi connectivity index (χ0v) is 19.0. The summed E-state index contributed by atoms with van der Waals surface area (Å²) in [4.78, 5) is 25.7. The van der Waals surface area contributed by atoms with Crippen molar-refractivity contribution in [1.29, 1.82) is 0 Å². The fourth-order valence-electron chi connectivity index (χ4n) is 3.33. The van der Waals surface area contributed by atoms with Gasteiger partial charge in [0, 0.05) is 25.2 Å². The first-order valence-corrected chi connectivity index (χ1v) is 10.5. The van der Waals surface area contributed by atoms with E-state index in [-0.39, 0.29) is 27.5 Å². The highest BCUT2D eigenvalue weighted by molar-refractivity contribution is 7.80. The number of carbonyl (C=O) groups is 1. The lowest BCUT2D eigenvalue weighted by atomic mass is 9.87. The number of thiocarbonyl (C=S) groups is 1. The van der Waals surface area contributed by atoms with E-state index in [0.717, 1.165) is 5.56 Å². The third-order valence-electron chi connectivity index (χ3n) is 5.13. The molecule has 0 unspecified atom stereocenters. The molecule has 3 rings (SSSR count). The van der Waals surface area contributed by atoms with Gasteiger partial charge in [0.15, 0.2) is 5.11 Å². The van der Waals surface area contributed by atoms with Crippen molar-refractivity contribution < 1.29 is 19.6 Å². The summed E-state index contributed by atoms with van der Waals surface area (Å²) >= 11 is 5.27. The number of amides is 1. The number of morpholine rings is 1. The van der Waals surface area contributed by atoms with Gasteiger partial charge in [0.25, 0.3) is 11.6 Å². The van der Waals surface area contributed by atoms with E-state index in [1.807, 2.05) is 31.7 Å². The molecule has 9 nitrogen and oxygen atoms in total. The Kier molecular flexibility index (Phi) is 6.95. The number of non-ortho nitro benzene ring substituents is 1. The molecule has 0 saturated carbocycles. The summed E-state index contributed by atoms with van der Waals surface area (Å²) in [5.74, 6) is -0.599. The lowest BCUT2D eigenvalue weighted by Gasteiger charge is -2.30. The summed E-state index contributed by atoms with van der Waals surface area (Å²) in [6.07, 6.45) is 0. The number of phenolic OH excluding ortho intramolecular Hbond substituents is 1. The molecule has 170 valence electrons. The molecule has 10 heteroatoms. The average Bonchev–Trinajstić information content (AvgIpc) is 2.74. The van der Waals surface area contributed by atoms with Crippen LogP contribution in [0.3, 0.4) is 0 Å². The molecule has 0 bridgehead atoms. The molecule has 1 saturated heterocycles. The van der Waals surface area contributed by atoms with Gasteiger partial charge in [0.2, 0.25) is 0 Å². The van der Waals surface area contributed by atoms with Gasteiger partial charge in [-0.05, 0) is 41.4 Å². The number of hydrogen-bond acceptors (Lipinski definition) is 7. The van der Waals surface area contributed by atoms with Gasteiger partial charge in [-0.15, -0.1) is 0 Å². The Bertz CT molecular complexity index is 1050. The van der Waals surface area contributed by atoms with Crippen molar-refractivity contribution in [2.45, 2.75) is 26.2 Å². The maximum Gasteiger partial charge on any atom is 0.270 e. The Labute approximate surface area is 191 Å². The van der Waals surface area contributed by atoms with Crippen LogP contribution in [0.4, 0.5) is 17.1 Å². The molecule has 32 heavy (non-hydrogen) atoms. The largest absolute Gasteiger partial charge is 0.506 e. The van der Waals surface area contributed by atoms with Gasteiger partial charge in [-0.3, -0.25) is 20.2 Å². The molecular weight excluding hydrogens is 432 g/mol. The molecule has 0 atom stereocenters. The molecule has 3 N–H and O–H groups in total. The van der Waals surface area contributed by atoms with Crippen molar-refractivity contribution >= 4 is 40.3 Å². The number of ether oxygens (including phenoxy) is 1. The molecule has 0 spiro atoms. The van der Waals surface area contributed by atoms with E-state index in [1.165, 1.54) is 12.1 Å². The van der Waals surface area contributed by atoms with E-state index < -0.39 is 10.8 Å². The van der Waals surface area contributed by atoms with Crippen molar-refractivity contribution in [1.82, 2.24) is 5.32 Å². The number of benzene rings is 2. The Morgan fingerprint density at radius 1 is 1.19 bits per heavy atom. The maximum absolute atomic E-state index is 13.0. The SMILES string of the molecule is CC(C)(C)c1ccc(O)c(NC(=S)NC(=O)c2cc([N+](=O)[O-])ccc2N2CCOCC2)c1. The van der Waals surface area contributed by atoms with Crippen LogP contribution in [-0.4, -0.2) is 47.4 Å². The van der Waals surface area contributed by atoms with Crippen LogP contribution in [0.15, 0.2) is 36.4 Å². The van der Waals surface area contributed by atoms with Crippen molar-refractivity contribution in [3.63, 3.8) is 0 Å². The highest BCUT2D eigenvalue weighted by Crippen LogP contribution is 2.31. The Morgan fingerprint density at radius 2 is 1.88 bits per heavy atom. The van der Waals surface area contributed by atoms with Crippen LogP contribution in [0.25, 0.3) is 0 Å². The maximum atomic E-state index is 13.0. The van der Waals surface area contributed by atoms with E-state index in [9.17, 15) is 20.0 Å². The van der Waals surface area contributed by atoms with Crippen molar-refractivity contribution in [2.75, 3.05) is 36.5 Å². The summed E-state index contributed by atoms with van der Waals surface area (Å²) in [6.45, 7) is 8.25. The number of rotatable bonds is 4. The standard InChI is InChI=1S/C22H26N4O5S/c1-22(2,3)14-4-7-19(27)17(12-14)23-21(32)24-20(28)16-13-15(26(29)30)5-6-18(16)25-8-10-31-11-9-25/h4-7,12-13,27H,8-11H2,1-3H3,(H2,23,24,28,32). The predicted molar refractivity (Wildman–Crippen MR) is 127 cm³/mol. The van der Waals surface area contributed by atoms with Crippen LogP contribution >= 0.6 is 12.2 Å². The predicted octanol–water partition coefficient (Wildman–Crippen LogP) is 3.56. The first-order valence-electron chi connectivity index (χ1n) is 10.1. The zero-order chi connectivity index (χ0) is 23.5. The monoisotopic (exact) mass is 458 g/mol. The van der Waals surface area contributed by atoms with Gasteiger partial charge >= 0.3 is 0 Å². The molecule has 1 amide bonds. The lowest BCUT2D eigenvalue weighted by molar-refractivity contribution is -0.384. The number of nitrogens with one attached hydrogen (secondary N) is 2. The number of nitrogens with zero attached hydrogens (tertiary/aromatic N) is 2. The first kappa shape index (κ1) is 23.4. The summed E-state index contributed by atoms with van der Waals surface area (Å²) in [6, 6.07) is 9.31. The highest BCUT2D eigenvalue weighted by atomic mass is 32.1. The normalized spacial score (nSPS) is 14.0. The number of aromatic hydroxyl groups is 1. The minimum Gasteiger partial charge on any atom is -0.506 e. The van der Waals surface area contributed by atoms with Crippen LogP contribution in [0.2, 0.25) is 0 Å². The topological polar surface area (TPSA) is 117 Å². The molecule has 1 fully saturated rings. The van der Waals surface area contributed by atoms with Gasteiger partial charge in [-0.25, -0.2) is 0 Å². The van der Waals surface area contributed by atoms with Gasteiger partial charge in [-0.2, -0.15) is 0 Å². The van der Waals surface area contributed by atoms with E-state index in [4.69, 9.17) is 17.0 Å². The van der Waals surface area contributed by atoms with E-state index in [0.29, 0.717) is 37.7 Å². The van der Waals surface area contributed by atoms with Crippen molar-refractivity contribution in [3.05, 3.63) is 57.6 Å². The van der Waals surface area contributed by atoms with Gasteiger partial charge in [-0.1, -0.05) is 26.8 Å². The number of anilines is 2. The Balaban J connectivity index is 1.82. The second kappa shape index (κ2) is 9.49. The Morgan fingerprint density at radius 3 is 2.50 bits per heavy atom.